The van der Waals surface area contributed by atoms with E-state index in [9.17, 15) is 18.0 Å². The summed E-state index contributed by atoms with van der Waals surface area (Å²) in [5.41, 5.74) is 1.34. The van der Waals surface area contributed by atoms with Gasteiger partial charge in [-0.25, -0.2) is 18.4 Å². The molecule has 4 aromatic rings. The molecule has 2 N–H and O–H groups in total. The number of methoxy groups -OCH3 is 1. The number of aromatic nitrogens is 3. The summed E-state index contributed by atoms with van der Waals surface area (Å²) in [5.74, 6) is -0.587. The molecule has 198 valence electrons. The quantitative estimate of drug-likeness (QED) is 0.325. The highest BCUT2D eigenvalue weighted by atomic mass is 35.5. The number of hydrogen-bond acceptors (Lipinski definition) is 7. The van der Waals surface area contributed by atoms with Crippen molar-refractivity contribution < 1.29 is 17.9 Å². The van der Waals surface area contributed by atoms with E-state index in [0.717, 1.165) is 0 Å². The van der Waals surface area contributed by atoms with E-state index in [1.807, 2.05) is 0 Å². The molecule has 0 bridgehead atoms. The smallest absolute Gasteiger partial charge is 0.263 e. The minimum atomic E-state index is -4.12. The first-order chi connectivity index (χ1) is 18.0. The normalized spacial score (nSPS) is 12.2. The molecule has 13 heteroatoms. The van der Waals surface area contributed by atoms with Gasteiger partial charge < -0.3 is 10.1 Å². The van der Waals surface area contributed by atoms with Crippen LogP contribution in [-0.4, -0.2) is 43.0 Å². The second kappa shape index (κ2) is 11.0. The number of anilines is 1. The minimum absolute atomic E-state index is 0.0374. The fourth-order valence-corrected chi connectivity index (χ4v) is 5.65. The van der Waals surface area contributed by atoms with Gasteiger partial charge in [0, 0.05) is 30.4 Å². The van der Waals surface area contributed by atoms with E-state index in [1.54, 1.807) is 25.1 Å². The summed E-state index contributed by atoms with van der Waals surface area (Å²) in [5, 5.41) is 3.15. The van der Waals surface area contributed by atoms with Crippen molar-refractivity contribution >= 4 is 55.7 Å². The molecule has 4 rings (SSSR count). The number of nitrogens with zero attached hydrogens (tertiary/aromatic N) is 3. The Labute approximate surface area is 228 Å². The standard InChI is InChI=1S/C25H23Cl2N5O5S/c1-14(23(33)28-2)12-32-13-30-20-6-4-15(8-18(20)25(32)34)16-9-21(24(37-3)29-11-16)31-38(35,36)22-7-5-17(26)10-19(22)27/h4-11,13-14,31H,12H2,1-3H3,(H,28,33). The van der Waals surface area contributed by atoms with Crippen molar-refractivity contribution in [1.29, 1.82) is 0 Å². The number of carbonyl (C=O) groups is 1. The molecule has 2 aromatic heterocycles. The molecule has 0 saturated heterocycles. The molecule has 0 aliphatic rings. The number of nitrogens with one attached hydrogen (secondary N) is 2. The second-order valence-electron chi connectivity index (χ2n) is 8.41. The minimum Gasteiger partial charge on any atom is -0.480 e. The molecule has 1 atom stereocenters. The van der Waals surface area contributed by atoms with Crippen molar-refractivity contribution in [2.24, 2.45) is 5.92 Å². The number of halogens is 2. The molecule has 0 aliphatic heterocycles. The van der Waals surface area contributed by atoms with Gasteiger partial charge in [-0.3, -0.25) is 18.9 Å². The van der Waals surface area contributed by atoms with E-state index in [1.165, 1.54) is 55.5 Å². The van der Waals surface area contributed by atoms with E-state index >= 15 is 0 Å². The van der Waals surface area contributed by atoms with Gasteiger partial charge in [0.1, 0.15) is 10.6 Å². The van der Waals surface area contributed by atoms with Crippen LogP contribution >= 0.6 is 23.2 Å². The van der Waals surface area contributed by atoms with Crippen LogP contribution in [0.2, 0.25) is 10.0 Å². The number of rotatable bonds is 8. The molecule has 2 aromatic carbocycles. The third kappa shape index (κ3) is 5.59. The fourth-order valence-electron chi connectivity index (χ4n) is 3.83. The van der Waals surface area contributed by atoms with Gasteiger partial charge in [-0.2, -0.15) is 0 Å². The molecule has 1 amide bonds. The molecule has 2 heterocycles. The van der Waals surface area contributed by atoms with Crippen LogP contribution in [0, 0.1) is 5.92 Å². The molecule has 0 aliphatic carbocycles. The van der Waals surface area contributed by atoms with Crippen molar-refractivity contribution in [3.8, 4) is 17.0 Å². The lowest BCUT2D eigenvalue weighted by molar-refractivity contribution is -0.124. The molecule has 0 radical (unpaired) electrons. The zero-order chi connectivity index (χ0) is 27.6. The maximum atomic E-state index is 13.2. The van der Waals surface area contributed by atoms with Crippen LogP contribution < -0.4 is 20.3 Å². The average Bonchev–Trinajstić information content (AvgIpc) is 2.89. The third-order valence-electron chi connectivity index (χ3n) is 5.79. The second-order valence-corrected chi connectivity index (χ2v) is 10.9. The Bertz CT molecular complexity index is 1710. The van der Waals surface area contributed by atoms with Crippen molar-refractivity contribution in [3.63, 3.8) is 0 Å². The number of pyridine rings is 1. The molecule has 38 heavy (non-hydrogen) atoms. The van der Waals surface area contributed by atoms with E-state index in [0.29, 0.717) is 27.1 Å². The number of sulfonamides is 1. The van der Waals surface area contributed by atoms with Crippen LogP contribution in [0.4, 0.5) is 5.69 Å². The van der Waals surface area contributed by atoms with Crippen LogP contribution in [0.5, 0.6) is 5.88 Å². The lowest BCUT2D eigenvalue weighted by Gasteiger charge is -2.14. The van der Waals surface area contributed by atoms with Gasteiger partial charge in [0.05, 0.1) is 35.3 Å². The third-order valence-corrected chi connectivity index (χ3v) is 7.88. The molecular formula is C25H23Cl2N5O5S. The van der Waals surface area contributed by atoms with Crippen molar-refractivity contribution in [1.82, 2.24) is 19.9 Å². The van der Waals surface area contributed by atoms with Gasteiger partial charge >= 0.3 is 0 Å². The van der Waals surface area contributed by atoms with Gasteiger partial charge in [-0.15, -0.1) is 0 Å². The zero-order valence-electron chi connectivity index (χ0n) is 20.5. The number of ether oxygens (including phenoxy) is 1. The highest BCUT2D eigenvalue weighted by Crippen LogP contribution is 2.32. The molecular weight excluding hydrogens is 553 g/mol. The Hall–Kier alpha value is -3.67. The highest BCUT2D eigenvalue weighted by molar-refractivity contribution is 7.92. The average molecular weight is 576 g/mol. The van der Waals surface area contributed by atoms with Crippen LogP contribution in [0.25, 0.3) is 22.0 Å². The Morgan fingerprint density at radius 1 is 1.11 bits per heavy atom. The summed E-state index contributed by atoms with van der Waals surface area (Å²) in [4.78, 5) is 33.5. The zero-order valence-corrected chi connectivity index (χ0v) is 22.9. The van der Waals surface area contributed by atoms with Crippen molar-refractivity contribution in [3.05, 3.63) is 75.4 Å². The summed E-state index contributed by atoms with van der Waals surface area (Å²) in [6.45, 7) is 1.88. The van der Waals surface area contributed by atoms with Gasteiger partial charge in [0.2, 0.25) is 11.8 Å². The topological polar surface area (TPSA) is 132 Å². The number of hydrogen-bond donors (Lipinski definition) is 2. The van der Waals surface area contributed by atoms with Gasteiger partial charge in [-0.05, 0) is 42.0 Å². The number of benzene rings is 2. The number of carbonyl (C=O) groups excluding carboxylic acids is 1. The fraction of sp³-hybridized carbons (Fsp3) is 0.200. The SMILES string of the molecule is CNC(=O)C(C)Cn1cnc2ccc(-c3cnc(OC)c(NS(=O)(=O)c4ccc(Cl)cc4Cl)c3)cc2c1=O. The van der Waals surface area contributed by atoms with Gasteiger partial charge in [0.25, 0.3) is 15.6 Å². The van der Waals surface area contributed by atoms with Crippen LogP contribution in [0.15, 0.2) is 64.7 Å². The Kier molecular flexibility index (Phi) is 7.91. The highest BCUT2D eigenvalue weighted by Gasteiger charge is 2.21. The maximum absolute atomic E-state index is 13.2. The Morgan fingerprint density at radius 2 is 1.87 bits per heavy atom. The summed E-state index contributed by atoms with van der Waals surface area (Å²) in [6, 6.07) is 10.6. The number of fused-ring (bicyclic) bond motifs is 1. The van der Waals surface area contributed by atoms with Crippen molar-refractivity contribution in [2.45, 2.75) is 18.4 Å². The first-order valence-corrected chi connectivity index (χ1v) is 13.5. The Morgan fingerprint density at radius 3 is 2.55 bits per heavy atom. The molecule has 10 nitrogen and oxygen atoms in total. The van der Waals surface area contributed by atoms with E-state index in [-0.39, 0.29) is 39.5 Å². The Balaban J connectivity index is 1.73. The van der Waals surface area contributed by atoms with Crippen molar-refractivity contribution in [2.75, 3.05) is 18.9 Å². The monoisotopic (exact) mass is 575 g/mol. The molecule has 0 saturated carbocycles. The van der Waals surface area contributed by atoms with Crippen LogP contribution in [0.1, 0.15) is 6.92 Å². The van der Waals surface area contributed by atoms with Crippen LogP contribution in [0.3, 0.4) is 0 Å². The number of amides is 1. The van der Waals surface area contributed by atoms with Crippen LogP contribution in [-0.2, 0) is 21.4 Å². The summed E-state index contributed by atoms with van der Waals surface area (Å²) >= 11 is 12.0. The van der Waals surface area contributed by atoms with E-state index < -0.39 is 15.9 Å². The first-order valence-electron chi connectivity index (χ1n) is 11.3. The lowest BCUT2D eigenvalue weighted by Crippen LogP contribution is -2.32. The molecule has 0 fully saturated rings. The van der Waals surface area contributed by atoms with Gasteiger partial charge in [-0.1, -0.05) is 36.2 Å². The summed E-state index contributed by atoms with van der Waals surface area (Å²) < 4.78 is 35.2. The summed E-state index contributed by atoms with van der Waals surface area (Å²) in [7, 11) is -1.22. The largest absolute Gasteiger partial charge is 0.480 e. The first kappa shape index (κ1) is 27.4. The van der Waals surface area contributed by atoms with Gasteiger partial charge in [0.15, 0.2) is 0 Å². The lowest BCUT2D eigenvalue weighted by atomic mass is 10.0. The predicted molar refractivity (Wildman–Crippen MR) is 146 cm³/mol. The van der Waals surface area contributed by atoms with E-state index in [4.69, 9.17) is 27.9 Å². The molecule has 1 unspecified atom stereocenters. The molecule has 0 spiro atoms. The van der Waals surface area contributed by atoms with E-state index in [2.05, 4.69) is 20.0 Å². The predicted octanol–water partition coefficient (Wildman–Crippen LogP) is 3.96. The maximum Gasteiger partial charge on any atom is 0.263 e. The summed E-state index contributed by atoms with van der Waals surface area (Å²) in [6.07, 6.45) is 2.91.